The van der Waals surface area contributed by atoms with Crippen molar-refractivity contribution in [2.24, 2.45) is 0 Å². The maximum absolute atomic E-state index is 12.2. The van der Waals surface area contributed by atoms with E-state index < -0.39 is 0 Å². The molecule has 0 unspecified atom stereocenters. The van der Waals surface area contributed by atoms with E-state index in [1.807, 2.05) is 16.3 Å². The molecule has 2 aliphatic heterocycles. The summed E-state index contributed by atoms with van der Waals surface area (Å²) < 4.78 is 0. The fourth-order valence-electron chi connectivity index (χ4n) is 3.66. The van der Waals surface area contributed by atoms with E-state index in [1.54, 1.807) is 23.6 Å². The first-order valence-corrected chi connectivity index (χ1v) is 9.74. The molecular weight excluding hydrogens is 368 g/mol. The number of rotatable bonds is 3. The molecule has 130 valence electrons. The number of nitrogens with one attached hydrogen (secondary N) is 1. The molecule has 1 aromatic carbocycles. The summed E-state index contributed by atoms with van der Waals surface area (Å²) in [5.41, 5.74) is 6.39. The maximum atomic E-state index is 12.2. The van der Waals surface area contributed by atoms with Gasteiger partial charge in [-0.1, -0.05) is 11.6 Å². The lowest BCUT2D eigenvalue weighted by Crippen LogP contribution is -2.31. The van der Waals surface area contributed by atoms with Crippen molar-refractivity contribution < 1.29 is 4.79 Å². The molecule has 0 bridgehead atoms. The lowest BCUT2D eigenvalue weighted by Gasteiger charge is -2.25. The van der Waals surface area contributed by atoms with Crippen molar-refractivity contribution in [2.45, 2.75) is 19.3 Å². The molecule has 4 heterocycles. The van der Waals surface area contributed by atoms with Crippen LogP contribution in [0.15, 0.2) is 35.8 Å². The van der Waals surface area contributed by atoms with Gasteiger partial charge in [0, 0.05) is 17.5 Å². The number of amides is 1. The van der Waals surface area contributed by atoms with Gasteiger partial charge in [0.05, 0.1) is 29.7 Å². The normalized spacial score (nSPS) is 15.3. The van der Waals surface area contributed by atoms with Crippen molar-refractivity contribution in [3.8, 4) is 11.3 Å². The second kappa shape index (κ2) is 6.07. The lowest BCUT2D eigenvalue weighted by molar-refractivity contribution is -0.117. The van der Waals surface area contributed by atoms with E-state index in [2.05, 4.69) is 22.4 Å². The first-order valence-electron chi connectivity index (χ1n) is 8.48. The van der Waals surface area contributed by atoms with Gasteiger partial charge in [-0.3, -0.25) is 4.79 Å². The van der Waals surface area contributed by atoms with Crippen LogP contribution in [0.1, 0.15) is 17.5 Å². The zero-order chi connectivity index (χ0) is 17.7. The number of benzene rings is 1. The predicted octanol–water partition coefficient (Wildman–Crippen LogP) is 4.44. The third kappa shape index (κ3) is 2.66. The Morgan fingerprint density at radius 3 is 2.96 bits per heavy atom. The van der Waals surface area contributed by atoms with Crippen molar-refractivity contribution >= 4 is 45.4 Å². The third-order valence-electron chi connectivity index (χ3n) is 4.79. The van der Waals surface area contributed by atoms with Crippen molar-refractivity contribution in [3.63, 3.8) is 0 Å². The van der Waals surface area contributed by atoms with E-state index in [1.165, 1.54) is 5.56 Å². The van der Waals surface area contributed by atoms with Gasteiger partial charge in [0.15, 0.2) is 5.13 Å². The molecule has 1 N–H and O–H groups in total. The van der Waals surface area contributed by atoms with E-state index in [0.717, 1.165) is 52.7 Å². The number of carbonyl (C=O) groups is 1. The monoisotopic (exact) mass is 382 g/mol. The molecule has 1 amide bonds. The second-order valence-corrected chi connectivity index (χ2v) is 7.75. The van der Waals surface area contributed by atoms with E-state index >= 15 is 0 Å². The molecule has 7 heteroatoms. The fourth-order valence-corrected chi connectivity index (χ4v) is 4.52. The van der Waals surface area contributed by atoms with Gasteiger partial charge in [-0.05, 0) is 48.2 Å². The Morgan fingerprint density at radius 1 is 1.23 bits per heavy atom. The minimum absolute atomic E-state index is 0.217. The van der Waals surface area contributed by atoms with Crippen LogP contribution in [0, 0.1) is 0 Å². The molecule has 0 atom stereocenters. The van der Waals surface area contributed by atoms with Crippen molar-refractivity contribution in [3.05, 3.63) is 52.1 Å². The van der Waals surface area contributed by atoms with Crippen LogP contribution in [0.2, 0.25) is 5.15 Å². The number of nitrogens with zero attached hydrogens (tertiary/aromatic N) is 3. The van der Waals surface area contributed by atoms with E-state index in [9.17, 15) is 4.79 Å². The molecule has 0 saturated heterocycles. The highest BCUT2D eigenvalue weighted by molar-refractivity contribution is 7.14. The van der Waals surface area contributed by atoms with Crippen LogP contribution in [0.5, 0.6) is 0 Å². The average molecular weight is 383 g/mol. The fraction of sp³-hybridized carbons (Fsp3) is 0.211. The molecular formula is C19H15ClN4OS. The number of hydrogen-bond donors (Lipinski definition) is 1. The number of pyridine rings is 1. The standard InChI is InChI=1S/C19H15ClN4OS/c20-16-4-3-14(9-21-16)22-19-23-15(10-26-19)12-6-11-2-1-5-24-17(25)8-13(7-12)18(11)24/h3-4,6-7,9-10H,1-2,5,8H2,(H,22,23). The summed E-state index contributed by atoms with van der Waals surface area (Å²) >= 11 is 7.36. The Bertz CT molecular complexity index is 1010. The highest BCUT2D eigenvalue weighted by Gasteiger charge is 2.32. The molecule has 0 fully saturated rings. The Kier molecular flexibility index (Phi) is 3.69. The molecule has 0 aliphatic carbocycles. The number of halogens is 1. The second-order valence-electron chi connectivity index (χ2n) is 6.50. The summed E-state index contributed by atoms with van der Waals surface area (Å²) in [4.78, 5) is 22.9. The van der Waals surface area contributed by atoms with Crippen LogP contribution in [-0.4, -0.2) is 22.4 Å². The minimum atomic E-state index is 0.217. The summed E-state index contributed by atoms with van der Waals surface area (Å²) in [6.45, 7) is 0.845. The quantitative estimate of drug-likeness (QED) is 0.680. The Morgan fingerprint density at radius 2 is 2.12 bits per heavy atom. The summed E-state index contributed by atoms with van der Waals surface area (Å²) in [5, 5.41) is 6.56. The van der Waals surface area contributed by atoms with Gasteiger partial charge >= 0.3 is 0 Å². The number of aryl methyl sites for hydroxylation is 1. The SMILES string of the molecule is O=C1Cc2cc(-c3csc(Nc4ccc(Cl)nc4)n3)cc3c2N1CCC3. The molecule has 2 aliphatic rings. The van der Waals surface area contributed by atoms with Gasteiger partial charge in [0.1, 0.15) is 5.15 Å². The Labute approximate surface area is 159 Å². The third-order valence-corrected chi connectivity index (χ3v) is 5.77. The number of anilines is 3. The lowest BCUT2D eigenvalue weighted by atomic mass is 9.96. The van der Waals surface area contributed by atoms with Gasteiger partial charge in [-0.2, -0.15) is 0 Å². The van der Waals surface area contributed by atoms with Gasteiger partial charge in [-0.15, -0.1) is 11.3 Å². The molecule has 2 aromatic heterocycles. The highest BCUT2D eigenvalue weighted by atomic mass is 35.5. The number of hydrogen-bond acceptors (Lipinski definition) is 5. The van der Waals surface area contributed by atoms with Gasteiger partial charge in [-0.25, -0.2) is 9.97 Å². The number of aromatic nitrogens is 2. The van der Waals surface area contributed by atoms with Crippen LogP contribution in [0.25, 0.3) is 11.3 Å². The maximum Gasteiger partial charge on any atom is 0.231 e. The van der Waals surface area contributed by atoms with Crippen LogP contribution in [-0.2, 0) is 17.6 Å². The van der Waals surface area contributed by atoms with Crippen molar-refractivity contribution in [1.82, 2.24) is 9.97 Å². The molecule has 0 radical (unpaired) electrons. The van der Waals surface area contributed by atoms with Gasteiger partial charge in [0.2, 0.25) is 5.91 Å². The predicted molar refractivity (Wildman–Crippen MR) is 104 cm³/mol. The minimum Gasteiger partial charge on any atom is -0.330 e. The van der Waals surface area contributed by atoms with E-state index in [0.29, 0.717) is 11.6 Å². The van der Waals surface area contributed by atoms with Crippen molar-refractivity contribution in [1.29, 1.82) is 0 Å². The smallest absolute Gasteiger partial charge is 0.231 e. The van der Waals surface area contributed by atoms with Crippen LogP contribution < -0.4 is 10.2 Å². The number of carbonyl (C=O) groups excluding carboxylic acids is 1. The molecule has 5 rings (SSSR count). The Balaban J connectivity index is 1.46. The molecule has 3 aromatic rings. The van der Waals surface area contributed by atoms with Gasteiger partial charge < -0.3 is 10.2 Å². The van der Waals surface area contributed by atoms with E-state index in [4.69, 9.17) is 16.6 Å². The number of thiazole rings is 1. The van der Waals surface area contributed by atoms with Crippen LogP contribution in [0.4, 0.5) is 16.5 Å². The summed E-state index contributed by atoms with van der Waals surface area (Å²) in [6, 6.07) is 7.92. The van der Waals surface area contributed by atoms with Crippen LogP contribution in [0.3, 0.4) is 0 Å². The van der Waals surface area contributed by atoms with Crippen molar-refractivity contribution in [2.75, 3.05) is 16.8 Å². The zero-order valence-electron chi connectivity index (χ0n) is 13.8. The largest absolute Gasteiger partial charge is 0.330 e. The zero-order valence-corrected chi connectivity index (χ0v) is 15.4. The summed E-state index contributed by atoms with van der Waals surface area (Å²) in [7, 11) is 0. The molecule has 5 nitrogen and oxygen atoms in total. The van der Waals surface area contributed by atoms with E-state index in [-0.39, 0.29) is 5.91 Å². The van der Waals surface area contributed by atoms with Gasteiger partial charge in [0.25, 0.3) is 0 Å². The highest BCUT2D eigenvalue weighted by Crippen LogP contribution is 2.40. The summed E-state index contributed by atoms with van der Waals surface area (Å²) in [6.07, 6.45) is 4.23. The Hall–Kier alpha value is -2.44. The first-order chi connectivity index (χ1) is 12.7. The summed E-state index contributed by atoms with van der Waals surface area (Å²) in [5.74, 6) is 0.217. The molecule has 26 heavy (non-hydrogen) atoms. The molecule has 0 spiro atoms. The average Bonchev–Trinajstić information content (AvgIpc) is 3.23. The topological polar surface area (TPSA) is 58.1 Å². The van der Waals surface area contributed by atoms with Crippen LogP contribution >= 0.6 is 22.9 Å². The first kappa shape index (κ1) is 15.8. The molecule has 0 saturated carbocycles.